The molecule has 0 spiro atoms. The number of nitrogens with two attached hydrogens (primary N) is 1. The number of rotatable bonds is 2. The average molecular weight is 291 g/mol. The van der Waals surface area contributed by atoms with E-state index < -0.39 is 11.8 Å². The zero-order chi connectivity index (χ0) is 15.5. The molecule has 22 heavy (non-hydrogen) atoms. The van der Waals surface area contributed by atoms with E-state index in [0.29, 0.717) is 11.5 Å². The number of nitrogens with zero attached hydrogens (tertiary/aromatic N) is 2. The quantitative estimate of drug-likeness (QED) is 0.736. The Labute approximate surface area is 127 Å². The first kappa shape index (κ1) is 13.8. The maximum absolute atomic E-state index is 12.3. The van der Waals surface area contributed by atoms with E-state index in [1.807, 2.05) is 36.4 Å². The van der Waals surface area contributed by atoms with Gasteiger partial charge >= 0.3 is 11.8 Å². The molecule has 0 atom stereocenters. The highest BCUT2D eigenvalue weighted by Gasteiger charge is 2.25. The molecule has 0 bridgehead atoms. The van der Waals surface area contributed by atoms with Crippen molar-refractivity contribution in [2.45, 2.75) is 0 Å². The minimum Gasteiger partial charge on any atom is -0.361 e. The standard InChI is InChI=1S/C17H13N3O2/c18-15(21)17(22)20(13-7-2-1-3-8-13)16-14-9-5-4-6-12(14)10-11-19-16/h1-11H,(H2,18,21). The van der Waals surface area contributed by atoms with Gasteiger partial charge in [0, 0.05) is 11.6 Å². The van der Waals surface area contributed by atoms with E-state index in [1.54, 1.807) is 30.5 Å². The van der Waals surface area contributed by atoms with Gasteiger partial charge in [0.15, 0.2) is 0 Å². The van der Waals surface area contributed by atoms with Crippen LogP contribution in [0.4, 0.5) is 11.5 Å². The smallest absolute Gasteiger partial charge is 0.321 e. The number of para-hydroxylation sites is 1. The van der Waals surface area contributed by atoms with Crippen LogP contribution in [-0.2, 0) is 9.59 Å². The van der Waals surface area contributed by atoms with Gasteiger partial charge < -0.3 is 5.73 Å². The van der Waals surface area contributed by atoms with Crippen molar-refractivity contribution in [2.24, 2.45) is 5.73 Å². The van der Waals surface area contributed by atoms with Crippen LogP contribution in [0, 0.1) is 0 Å². The highest BCUT2D eigenvalue weighted by molar-refractivity contribution is 6.42. The number of fused-ring (bicyclic) bond motifs is 1. The highest BCUT2D eigenvalue weighted by atomic mass is 16.2. The summed E-state index contributed by atoms with van der Waals surface area (Å²) in [5.74, 6) is -1.47. The summed E-state index contributed by atoms with van der Waals surface area (Å²) in [6, 6.07) is 18.2. The summed E-state index contributed by atoms with van der Waals surface area (Å²) in [7, 11) is 0. The first-order valence-corrected chi connectivity index (χ1v) is 6.71. The summed E-state index contributed by atoms with van der Waals surface area (Å²) < 4.78 is 0. The fourth-order valence-corrected chi connectivity index (χ4v) is 2.30. The molecule has 2 N–H and O–H groups in total. The molecule has 0 radical (unpaired) electrons. The van der Waals surface area contributed by atoms with Gasteiger partial charge in [-0.15, -0.1) is 0 Å². The van der Waals surface area contributed by atoms with E-state index >= 15 is 0 Å². The van der Waals surface area contributed by atoms with Gasteiger partial charge in [-0.3, -0.25) is 14.5 Å². The van der Waals surface area contributed by atoms with Crippen molar-refractivity contribution in [1.82, 2.24) is 4.98 Å². The van der Waals surface area contributed by atoms with E-state index in [-0.39, 0.29) is 0 Å². The summed E-state index contributed by atoms with van der Waals surface area (Å²) in [4.78, 5) is 29.3. The van der Waals surface area contributed by atoms with Crippen LogP contribution < -0.4 is 10.6 Å². The molecule has 2 amide bonds. The maximum Gasteiger partial charge on any atom is 0.321 e. The second-order valence-electron chi connectivity index (χ2n) is 4.70. The zero-order valence-corrected chi connectivity index (χ0v) is 11.6. The van der Waals surface area contributed by atoms with Crippen LogP contribution >= 0.6 is 0 Å². The average Bonchev–Trinajstić information content (AvgIpc) is 2.56. The maximum atomic E-state index is 12.3. The third-order valence-corrected chi connectivity index (χ3v) is 3.29. The van der Waals surface area contributed by atoms with Gasteiger partial charge in [0.25, 0.3) is 0 Å². The first-order valence-electron chi connectivity index (χ1n) is 6.71. The zero-order valence-electron chi connectivity index (χ0n) is 11.6. The fraction of sp³-hybridized carbons (Fsp3) is 0. The Kier molecular flexibility index (Phi) is 3.53. The second-order valence-corrected chi connectivity index (χ2v) is 4.70. The molecule has 0 saturated carbocycles. The molecular weight excluding hydrogens is 278 g/mol. The van der Waals surface area contributed by atoms with Crippen LogP contribution in [0.15, 0.2) is 66.9 Å². The van der Waals surface area contributed by atoms with E-state index in [1.165, 1.54) is 4.90 Å². The lowest BCUT2D eigenvalue weighted by Gasteiger charge is -2.21. The van der Waals surface area contributed by atoms with Crippen molar-refractivity contribution in [3.05, 3.63) is 66.9 Å². The molecule has 0 aliphatic rings. The molecule has 0 aliphatic carbocycles. The predicted molar refractivity (Wildman–Crippen MR) is 84.5 cm³/mol. The second kappa shape index (κ2) is 5.65. The summed E-state index contributed by atoms with van der Waals surface area (Å²) in [6.45, 7) is 0. The van der Waals surface area contributed by atoms with Gasteiger partial charge in [0.1, 0.15) is 5.82 Å². The highest BCUT2D eigenvalue weighted by Crippen LogP contribution is 2.30. The molecular formula is C17H13N3O2. The first-order chi connectivity index (χ1) is 10.7. The molecule has 0 unspecified atom stereocenters. The molecule has 0 aliphatic heterocycles. The Morgan fingerprint density at radius 1 is 0.909 bits per heavy atom. The number of anilines is 2. The number of primary amides is 1. The number of hydrogen-bond acceptors (Lipinski definition) is 3. The summed E-state index contributed by atoms with van der Waals surface area (Å²) in [6.07, 6.45) is 1.60. The molecule has 0 fully saturated rings. The number of amides is 2. The van der Waals surface area contributed by atoms with Crippen LogP contribution in [0.2, 0.25) is 0 Å². The Morgan fingerprint density at radius 2 is 1.59 bits per heavy atom. The molecule has 3 rings (SSSR count). The van der Waals surface area contributed by atoms with E-state index in [4.69, 9.17) is 5.73 Å². The number of hydrogen-bond donors (Lipinski definition) is 1. The van der Waals surface area contributed by atoms with Crippen molar-refractivity contribution < 1.29 is 9.59 Å². The van der Waals surface area contributed by atoms with Gasteiger partial charge in [-0.1, -0.05) is 42.5 Å². The molecule has 1 heterocycles. The Bertz CT molecular complexity index is 841. The number of carbonyl (C=O) groups excluding carboxylic acids is 2. The molecule has 3 aromatic rings. The topological polar surface area (TPSA) is 76.3 Å². The Balaban J connectivity index is 2.25. The SMILES string of the molecule is NC(=O)C(=O)N(c1ccccc1)c1nccc2ccccc12. The van der Waals surface area contributed by atoms with Crippen LogP contribution in [0.1, 0.15) is 0 Å². The fourth-order valence-electron chi connectivity index (χ4n) is 2.30. The van der Waals surface area contributed by atoms with Crippen molar-refractivity contribution in [3.63, 3.8) is 0 Å². The van der Waals surface area contributed by atoms with Gasteiger partial charge in [0.2, 0.25) is 0 Å². The van der Waals surface area contributed by atoms with Crippen molar-refractivity contribution >= 4 is 34.1 Å². The van der Waals surface area contributed by atoms with E-state index in [2.05, 4.69) is 4.98 Å². The van der Waals surface area contributed by atoms with Crippen molar-refractivity contribution in [1.29, 1.82) is 0 Å². The van der Waals surface area contributed by atoms with Gasteiger partial charge in [-0.25, -0.2) is 4.98 Å². The van der Waals surface area contributed by atoms with Crippen LogP contribution in [0.3, 0.4) is 0 Å². The minimum absolute atomic E-state index is 0.383. The van der Waals surface area contributed by atoms with Crippen LogP contribution in [0.25, 0.3) is 10.8 Å². The lowest BCUT2D eigenvalue weighted by molar-refractivity contribution is -0.135. The van der Waals surface area contributed by atoms with Crippen molar-refractivity contribution in [3.8, 4) is 0 Å². The lowest BCUT2D eigenvalue weighted by Crippen LogP contribution is -2.37. The summed E-state index contributed by atoms with van der Waals surface area (Å²) >= 11 is 0. The van der Waals surface area contributed by atoms with Crippen molar-refractivity contribution in [2.75, 3.05) is 4.90 Å². The molecule has 5 nitrogen and oxygen atoms in total. The third kappa shape index (κ3) is 2.40. The minimum atomic E-state index is -1.03. The normalized spacial score (nSPS) is 10.4. The largest absolute Gasteiger partial charge is 0.361 e. The predicted octanol–water partition coefficient (Wildman–Crippen LogP) is 2.38. The van der Waals surface area contributed by atoms with Crippen LogP contribution in [-0.4, -0.2) is 16.8 Å². The summed E-state index contributed by atoms with van der Waals surface area (Å²) in [5.41, 5.74) is 5.73. The summed E-state index contributed by atoms with van der Waals surface area (Å²) in [5, 5.41) is 1.69. The molecule has 0 saturated heterocycles. The molecule has 5 heteroatoms. The van der Waals surface area contributed by atoms with Gasteiger partial charge in [0.05, 0.1) is 5.69 Å². The van der Waals surface area contributed by atoms with E-state index in [9.17, 15) is 9.59 Å². The van der Waals surface area contributed by atoms with Crippen LogP contribution in [0.5, 0.6) is 0 Å². The van der Waals surface area contributed by atoms with Gasteiger partial charge in [-0.05, 0) is 23.6 Å². The van der Waals surface area contributed by atoms with Gasteiger partial charge in [-0.2, -0.15) is 0 Å². The number of pyridine rings is 1. The monoisotopic (exact) mass is 291 g/mol. The Morgan fingerprint density at radius 3 is 2.32 bits per heavy atom. The molecule has 108 valence electrons. The Hall–Kier alpha value is -3.21. The number of carbonyl (C=O) groups is 2. The third-order valence-electron chi connectivity index (χ3n) is 3.29. The number of benzene rings is 2. The molecule has 1 aromatic heterocycles. The lowest BCUT2D eigenvalue weighted by atomic mass is 10.1. The number of aromatic nitrogens is 1. The van der Waals surface area contributed by atoms with E-state index in [0.717, 1.165) is 10.8 Å². The molecule has 2 aromatic carbocycles.